The van der Waals surface area contributed by atoms with Gasteiger partial charge in [0.05, 0.1) is 11.0 Å². The largest absolute Gasteiger partial charge is 0.347 e. The first-order valence-corrected chi connectivity index (χ1v) is 6.00. The summed E-state index contributed by atoms with van der Waals surface area (Å²) in [6.45, 7) is 2.87. The average Bonchev–Trinajstić information content (AvgIpc) is 2.86. The summed E-state index contributed by atoms with van der Waals surface area (Å²) in [6, 6.07) is 9.06. The molecule has 2 heterocycles. The summed E-state index contributed by atoms with van der Waals surface area (Å²) in [5.74, 6) is -0.155. The van der Waals surface area contributed by atoms with Gasteiger partial charge in [-0.1, -0.05) is 18.2 Å². The molecule has 0 radical (unpaired) electrons. The zero-order chi connectivity index (χ0) is 14.7. The highest BCUT2D eigenvalue weighted by molar-refractivity contribution is 5.98. The fourth-order valence-electron chi connectivity index (χ4n) is 1.88. The molecule has 0 bridgehead atoms. The molecule has 0 saturated carbocycles. The Labute approximate surface area is 114 Å². The van der Waals surface area contributed by atoms with Gasteiger partial charge < -0.3 is 9.78 Å². The van der Waals surface area contributed by atoms with Crippen molar-refractivity contribution in [3.05, 3.63) is 46.5 Å². The van der Waals surface area contributed by atoms with Crippen molar-refractivity contribution in [3.8, 4) is 0 Å². The maximum atomic E-state index is 11.8. The van der Waals surface area contributed by atoms with E-state index in [-0.39, 0.29) is 11.5 Å². The molecular formula is C14H13N3O3. The number of nitrogens with zero attached hydrogens (tertiary/aromatic N) is 2. The van der Waals surface area contributed by atoms with E-state index in [0.717, 1.165) is 17.2 Å². The fourth-order valence-corrected chi connectivity index (χ4v) is 1.88. The van der Waals surface area contributed by atoms with Crippen molar-refractivity contribution in [2.45, 2.75) is 13.8 Å². The summed E-state index contributed by atoms with van der Waals surface area (Å²) >= 11 is 0. The molecule has 102 valence electrons. The standard InChI is InChI=1S/C12H9N3O2.C2H4O/c1-7(16)10-6-11-8-4-2-3-5-9(8)13-12(17)15(11)14-10;1-2-3/h2-6H,1H3,(H,13,17);2H,1H3. The van der Waals surface area contributed by atoms with Crippen molar-refractivity contribution in [2.24, 2.45) is 0 Å². The second kappa shape index (κ2) is 5.48. The third-order valence-corrected chi connectivity index (χ3v) is 2.71. The number of Topliss-reactive ketones (excluding diaryl/α,β-unsaturated/α-hetero) is 1. The Balaban J connectivity index is 0.000000452. The second-order valence-corrected chi connectivity index (χ2v) is 4.09. The number of H-pyrrole nitrogens is 1. The van der Waals surface area contributed by atoms with E-state index in [0.29, 0.717) is 11.2 Å². The lowest BCUT2D eigenvalue weighted by molar-refractivity contribution is -0.106. The van der Waals surface area contributed by atoms with Crippen LogP contribution in [0.3, 0.4) is 0 Å². The van der Waals surface area contributed by atoms with Crippen LogP contribution in [0.25, 0.3) is 16.4 Å². The number of aromatic nitrogens is 3. The predicted octanol–water partition coefficient (Wildman–Crippen LogP) is 1.58. The molecule has 6 nitrogen and oxygen atoms in total. The Kier molecular flexibility index (Phi) is 3.74. The van der Waals surface area contributed by atoms with Gasteiger partial charge in [0, 0.05) is 12.3 Å². The van der Waals surface area contributed by atoms with E-state index < -0.39 is 0 Å². The number of aldehydes is 1. The molecular weight excluding hydrogens is 258 g/mol. The Morgan fingerprint density at radius 1 is 1.35 bits per heavy atom. The minimum atomic E-state index is -0.341. The molecule has 0 aliphatic heterocycles. The lowest BCUT2D eigenvalue weighted by Crippen LogP contribution is -2.17. The van der Waals surface area contributed by atoms with Gasteiger partial charge >= 0.3 is 5.69 Å². The topological polar surface area (TPSA) is 84.3 Å². The van der Waals surface area contributed by atoms with Crippen LogP contribution in [0.2, 0.25) is 0 Å². The maximum absolute atomic E-state index is 11.8. The second-order valence-electron chi connectivity index (χ2n) is 4.09. The number of fused-ring (bicyclic) bond motifs is 3. The van der Waals surface area contributed by atoms with Gasteiger partial charge in [-0.15, -0.1) is 0 Å². The third kappa shape index (κ3) is 2.35. The van der Waals surface area contributed by atoms with Crippen LogP contribution in [0.15, 0.2) is 35.1 Å². The number of nitrogens with one attached hydrogen (secondary N) is 1. The van der Waals surface area contributed by atoms with Crippen molar-refractivity contribution in [3.63, 3.8) is 0 Å². The van der Waals surface area contributed by atoms with E-state index in [2.05, 4.69) is 10.1 Å². The Bertz CT molecular complexity index is 846. The average molecular weight is 271 g/mol. The van der Waals surface area contributed by atoms with Crippen molar-refractivity contribution >= 4 is 28.5 Å². The molecule has 3 aromatic rings. The van der Waals surface area contributed by atoms with Gasteiger partial charge in [-0.05, 0) is 19.1 Å². The SMILES string of the molecule is CC(=O)c1cc2c3ccccc3[nH]c(=O)n2n1.CC=O. The van der Waals surface area contributed by atoms with Crippen LogP contribution in [-0.2, 0) is 4.79 Å². The van der Waals surface area contributed by atoms with Crippen molar-refractivity contribution < 1.29 is 9.59 Å². The third-order valence-electron chi connectivity index (χ3n) is 2.71. The number of benzene rings is 1. The molecule has 0 amide bonds. The number of aromatic amines is 1. The molecule has 0 unspecified atom stereocenters. The minimum Gasteiger partial charge on any atom is -0.305 e. The van der Waals surface area contributed by atoms with Gasteiger partial charge in [-0.2, -0.15) is 9.61 Å². The summed E-state index contributed by atoms with van der Waals surface area (Å²) in [5, 5.41) is 4.85. The summed E-state index contributed by atoms with van der Waals surface area (Å²) < 4.78 is 1.22. The Morgan fingerprint density at radius 2 is 2.00 bits per heavy atom. The van der Waals surface area contributed by atoms with E-state index in [1.54, 1.807) is 6.07 Å². The highest BCUT2D eigenvalue weighted by atomic mass is 16.1. The smallest absolute Gasteiger partial charge is 0.305 e. The number of rotatable bonds is 1. The van der Waals surface area contributed by atoms with Crippen molar-refractivity contribution in [2.75, 3.05) is 0 Å². The van der Waals surface area contributed by atoms with Crippen LogP contribution in [0.4, 0.5) is 0 Å². The highest BCUT2D eigenvalue weighted by Crippen LogP contribution is 2.16. The van der Waals surface area contributed by atoms with Crippen LogP contribution in [0.1, 0.15) is 24.3 Å². The molecule has 1 N–H and O–H groups in total. The molecule has 1 aromatic carbocycles. The first-order valence-electron chi connectivity index (χ1n) is 6.00. The molecule has 2 aromatic heterocycles. The van der Waals surface area contributed by atoms with Crippen molar-refractivity contribution in [1.29, 1.82) is 0 Å². The molecule has 0 fully saturated rings. The number of para-hydroxylation sites is 1. The zero-order valence-corrected chi connectivity index (χ0v) is 11.1. The fraction of sp³-hybridized carbons (Fsp3) is 0.143. The molecule has 6 heteroatoms. The highest BCUT2D eigenvalue weighted by Gasteiger charge is 2.10. The van der Waals surface area contributed by atoms with Crippen LogP contribution in [0, 0.1) is 0 Å². The Morgan fingerprint density at radius 3 is 2.65 bits per heavy atom. The van der Waals surface area contributed by atoms with E-state index in [4.69, 9.17) is 4.79 Å². The molecule has 20 heavy (non-hydrogen) atoms. The number of carbonyl (C=O) groups excluding carboxylic acids is 2. The summed E-state index contributed by atoms with van der Waals surface area (Å²) in [4.78, 5) is 34.6. The normalized spacial score (nSPS) is 10.1. The van der Waals surface area contributed by atoms with Gasteiger partial charge in [-0.3, -0.25) is 4.79 Å². The van der Waals surface area contributed by atoms with Gasteiger partial charge in [0.25, 0.3) is 0 Å². The quantitative estimate of drug-likeness (QED) is 0.538. The molecule has 0 spiro atoms. The minimum absolute atomic E-state index is 0.155. The first kappa shape index (κ1) is 13.7. The summed E-state index contributed by atoms with van der Waals surface area (Å²) in [5.41, 5.74) is 1.34. The monoisotopic (exact) mass is 271 g/mol. The number of carbonyl (C=O) groups is 2. The lowest BCUT2D eigenvalue weighted by atomic mass is 10.2. The van der Waals surface area contributed by atoms with Crippen LogP contribution in [0.5, 0.6) is 0 Å². The number of ketones is 1. The van der Waals surface area contributed by atoms with Crippen LogP contribution < -0.4 is 5.69 Å². The molecule has 0 aliphatic rings. The van der Waals surface area contributed by atoms with Gasteiger partial charge in [-0.25, -0.2) is 4.79 Å². The van der Waals surface area contributed by atoms with E-state index in [1.165, 1.54) is 18.4 Å². The van der Waals surface area contributed by atoms with Crippen molar-refractivity contribution in [1.82, 2.24) is 14.6 Å². The van der Waals surface area contributed by atoms with Crippen LogP contribution in [-0.4, -0.2) is 26.7 Å². The predicted molar refractivity (Wildman–Crippen MR) is 75.1 cm³/mol. The van der Waals surface area contributed by atoms with E-state index in [9.17, 15) is 9.59 Å². The summed E-state index contributed by atoms with van der Waals surface area (Å²) in [6.07, 6.45) is 0.750. The first-order chi connectivity index (χ1) is 9.58. The van der Waals surface area contributed by atoms with Crippen LogP contribution >= 0.6 is 0 Å². The summed E-state index contributed by atoms with van der Waals surface area (Å²) in [7, 11) is 0. The van der Waals surface area contributed by atoms with Gasteiger partial charge in [0.1, 0.15) is 12.0 Å². The van der Waals surface area contributed by atoms with Gasteiger partial charge in [0.15, 0.2) is 5.78 Å². The zero-order valence-electron chi connectivity index (χ0n) is 11.1. The van der Waals surface area contributed by atoms with E-state index in [1.807, 2.05) is 24.3 Å². The molecule has 0 saturated heterocycles. The molecule has 0 aliphatic carbocycles. The number of hydrogen-bond donors (Lipinski definition) is 1. The van der Waals surface area contributed by atoms with Gasteiger partial charge in [0.2, 0.25) is 0 Å². The maximum Gasteiger partial charge on any atom is 0.347 e. The molecule has 3 rings (SSSR count). The molecule has 0 atom stereocenters. The lowest BCUT2D eigenvalue weighted by Gasteiger charge is -1.98. The van der Waals surface area contributed by atoms with E-state index >= 15 is 0 Å². The number of hydrogen-bond acceptors (Lipinski definition) is 4. The Hall–Kier alpha value is -2.76.